The van der Waals surface area contributed by atoms with Crippen molar-refractivity contribution in [1.82, 2.24) is 5.32 Å². The van der Waals surface area contributed by atoms with Crippen molar-refractivity contribution in [1.29, 1.82) is 0 Å². The molecular weight excluding hydrogens is 272 g/mol. The Morgan fingerprint density at radius 2 is 2.00 bits per heavy atom. The van der Waals surface area contributed by atoms with E-state index in [2.05, 4.69) is 5.32 Å². The number of halogens is 2. The molecule has 1 fully saturated rings. The van der Waals surface area contributed by atoms with E-state index in [-0.39, 0.29) is 5.56 Å². The quantitative estimate of drug-likeness (QED) is 0.890. The topological polar surface area (TPSA) is 12.0 Å². The first-order valence-corrected chi connectivity index (χ1v) is 8.23. The van der Waals surface area contributed by atoms with Crippen LogP contribution in [-0.2, 0) is 6.54 Å². The third kappa shape index (κ3) is 4.44. The Hall–Kier alpha value is -0.260. The molecule has 1 aromatic carbocycles. The molecule has 1 unspecified atom stereocenters. The van der Waals surface area contributed by atoms with E-state index in [9.17, 15) is 8.78 Å². The molecule has 18 heavy (non-hydrogen) atoms. The van der Waals surface area contributed by atoms with Crippen molar-refractivity contribution in [3.05, 3.63) is 35.4 Å². The average molecular weight is 289 g/mol. The third-order valence-electron chi connectivity index (χ3n) is 2.82. The minimum atomic E-state index is -2.37. The summed E-state index contributed by atoms with van der Waals surface area (Å²) in [7, 11) is 0. The highest BCUT2D eigenvalue weighted by Gasteiger charge is 2.13. The number of rotatable bonds is 5. The van der Waals surface area contributed by atoms with Crippen LogP contribution in [0.2, 0.25) is 0 Å². The van der Waals surface area contributed by atoms with Crippen LogP contribution in [0.3, 0.4) is 0 Å². The SMILES string of the molecule is FC(F)c1ccc(CNCC2CSCCS2)cc1. The molecule has 1 aliphatic rings. The fraction of sp³-hybridized carbons (Fsp3) is 0.538. The molecule has 5 heteroatoms. The van der Waals surface area contributed by atoms with Crippen molar-refractivity contribution in [2.24, 2.45) is 0 Å². The van der Waals surface area contributed by atoms with Gasteiger partial charge in [0, 0.05) is 41.2 Å². The first kappa shape index (κ1) is 14.2. The molecule has 1 aliphatic heterocycles. The molecule has 0 aliphatic carbocycles. The molecule has 0 aromatic heterocycles. The van der Waals surface area contributed by atoms with E-state index < -0.39 is 6.43 Å². The molecule has 0 saturated carbocycles. The molecule has 1 aromatic rings. The molecule has 1 heterocycles. The number of thioether (sulfide) groups is 2. The monoisotopic (exact) mass is 289 g/mol. The lowest BCUT2D eigenvalue weighted by molar-refractivity contribution is 0.151. The minimum absolute atomic E-state index is 0.0954. The second-order valence-electron chi connectivity index (χ2n) is 4.24. The van der Waals surface area contributed by atoms with Gasteiger partial charge in [0.05, 0.1) is 0 Å². The average Bonchev–Trinajstić information content (AvgIpc) is 2.40. The van der Waals surface area contributed by atoms with Crippen molar-refractivity contribution in [3.8, 4) is 0 Å². The van der Waals surface area contributed by atoms with Gasteiger partial charge in [-0.05, 0) is 5.56 Å². The summed E-state index contributed by atoms with van der Waals surface area (Å²) in [5.74, 6) is 3.71. The van der Waals surface area contributed by atoms with E-state index >= 15 is 0 Å². The number of hydrogen-bond donors (Lipinski definition) is 1. The van der Waals surface area contributed by atoms with Gasteiger partial charge in [0.25, 0.3) is 6.43 Å². The Morgan fingerprint density at radius 3 is 2.61 bits per heavy atom. The lowest BCUT2D eigenvalue weighted by Gasteiger charge is -2.21. The van der Waals surface area contributed by atoms with E-state index in [1.807, 2.05) is 23.5 Å². The summed E-state index contributed by atoms with van der Waals surface area (Å²) >= 11 is 4.03. The summed E-state index contributed by atoms with van der Waals surface area (Å²) < 4.78 is 24.7. The second-order valence-corrected chi connectivity index (χ2v) is 6.80. The maximum absolute atomic E-state index is 12.4. The van der Waals surface area contributed by atoms with Crippen molar-refractivity contribution in [3.63, 3.8) is 0 Å². The zero-order valence-corrected chi connectivity index (χ0v) is 11.7. The van der Waals surface area contributed by atoms with Crippen LogP contribution in [0.4, 0.5) is 8.78 Å². The van der Waals surface area contributed by atoms with Crippen molar-refractivity contribution < 1.29 is 8.78 Å². The normalized spacial score (nSPS) is 20.3. The fourth-order valence-corrected chi connectivity index (χ4v) is 4.46. The van der Waals surface area contributed by atoms with Gasteiger partial charge in [-0.15, -0.1) is 0 Å². The third-order valence-corrected chi connectivity index (χ3v) is 5.66. The van der Waals surface area contributed by atoms with Crippen molar-refractivity contribution in [2.45, 2.75) is 18.2 Å². The first-order valence-electron chi connectivity index (χ1n) is 6.03. The van der Waals surface area contributed by atoms with Crippen LogP contribution in [0.5, 0.6) is 0 Å². The van der Waals surface area contributed by atoms with Gasteiger partial charge in [0.1, 0.15) is 0 Å². The van der Waals surface area contributed by atoms with Gasteiger partial charge in [0.2, 0.25) is 0 Å². The predicted octanol–water partition coefficient (Wildman–Crippen LogP) is 3.56. The maximum atomic E-state index is 12.4. The molecule has 2 rings (SSSR count). The fourth-order valence-electron chi connectivity index (χ4n) is 1.81. The highest BCUT2D eigenvalue weighted by Crippen LogP contribution is 2.23. The van der Waals surface area contributed by atoms with Gasteiger partial charge in [-0.3, -0.25) is 0 Å². The van der Waals surface area contributed by atoms with Crippen LogP contribution in [0.25, 0.3) is 0 Å². The zero-order chi connectivity index (χ0) is 12.8. The van der Waals surface area contributed by atoms with Crippen LogP contribution in [-0.4, -0.2) is 29.1 Å². The second kappa shape index (κ2) is 7.36. The molecular formula is C13H17F2NS2. The lowest BCUT2D eigenvalue weighted by Crippen LogP contribution is -2.28. The van der Waals surface area contributed by atoms with Crippen molar-refractivity contribution in [2.75, 3.05) is 23.8 Å². The Kier molecular flexibility index (Phi) is 5.79. The van der Waals surface area contributed by atoms with Crippen LogP contribution in [0, 0.1) is 0 Å². The smallest absolute Gasteiger partial charge is 0.263 e. The van der Waals surface area contributed by atoms with Gasteiger partial charge in [-0.2, -0.15) is 23.5 Å². The number of benzene rings is 1. The molecule has 100 valence electrons. The molecule has 0 spiro atoms. The maximum Gasteiger partial charge on any atom is 0.263 e. The molecule has 1 atom stereocenters. The molecule has 1 N–H and O–H groups in total. The van der Waals surface area contributed by atoms with Crippen LogP contribution in [0.1, 0.15) is 17.6 Å². The van der Waals surface area contributed by atoms with Gasteiger partial charge in [-0.1, -0.05) is 24.3 Å². The summed E-state index contributed by atoms with van der Waals surface area (Å²) in [6.45, 7) is 1.75. The minimum Gasteiger partial charge on any atom is -0.312 e. The van der Waals surface area contributed by atoms with E-state index in [4.69, 9.17) is 0 Å². The van der Waals surface area contributed by atoms with Gasteiger partial charge in [0.15, 0.2) is 0 Å². The largest absolute Gasteiger partial charge is 0.312 e. The molecule has 0 radical (unpaired) electrons. The Bertz CT molecular complexity index is 351. The summed E-state index contributed by atoms with van der Waals surface area (Å²) in [5.41, 5.74) is 1.16. The van der Waals surface area contributed by atoms with Crippen LogP contribution >= 0.6 is 23.5 Å². The van der Waals surface area contributed by atoms with Crippen LogP contribution < -0.4 is 5.32 Å². The van der Waals surface area contributed by atoms with E-state index in [1.165, 1.54) is 29.4 Å². The lowest BCUT2D eigenvalue weighted by atomic mass is 10.1. The van der Waals surface area contributed by atoms with E-state index in [0.29, 0.717) is 5.25 Å². The number of hydrogen-bond acceptors (Lipinski definition) is 3. The summed E-state index contributed by atoms with van der Waals surface area (Å²) in [6.07, 6.45) is -2.37. The predicted molar refractivity (Wildman–Crippen MR) is 76.7 cm³/mol. The summed E-state index contributed by atoms with van der Waals surface area (Å²) in [4.78, 5) is 0. The summed E-state index contributed by atoms with van der Waals surface area (Å²) in [5, 5.41) is 4.08. The van der Waals surface area contributed by atoms with Gasteiger partial charge < -0.3 is 5.32 Å². The van der Waals surface area contributed by atoms with E-state index in [0.717, 1.165) is 18.7 Å². The van der Waals surface area contributed by atoms with Crippen molar-refractivity contribution >= 4 is 23.5 Å². The molecule has 0 bridgehead atoms. The molecule has 0 amide bonds. The van der Waals surface area contributed by atoms with Crippen LogP contribution in [0.15, 0.2) is 24.3 Å². The molecule has 1 nitrogen and oxygen atoms in total. The zero-order valence-electron chi connectivity index (χ0n) is 10.1. The number of nitrogens with one attached hydrogen (secondary N) is 1. The molecule has 1 saturated heterocycles. The van der Waals surface area contributed by atoms with Gasteiger partial charge in [-0.25, -0.2) is 8.78 Å². The highest BCUT2D eigenvalue weighted by atomic mass is 32.2. The first-order chi connectivity index (χ1) is 8.75. The van der Waals surface area contributed by atoms with Gasteiger partial charge >= 0.3 is 0 Å². The number of alkyl halides is 2. The van der Waals surface area contributed by atoms with E-state index in [1.54, 1.807) is 12.1 Å². The summed E-state index contributed by atoms with van der Waals surface area (Å²) in [6, 6.07) is 6.56. The Balaban J connectivity index is 1.72. The Morgan fingerprint density at radius 1 is 1.22 bits per heavy atom. The highest BCUT2D eigenvalue weighted by molar-refractivity contribution is 8.06. The standard InChI is InChI=1S/C13H17F2NS2/c14-13(15)11-3-1-10(2-4-11)7-16-8-12-9-17-5-6-18-12/h1-4,12-13,16H,5-9H2. The Labute approximate surface area is 115 Å².